The van der Waals surface area contributed by atoms with Gasteiger partial charge in [0.2, 0.25) is 11.7 Å². The van der Waals surface area contributed by atoms with Crippen LogP contribution in [0.15, 0.2) is 18.2 Å². The zero-order valence-corrected chi connectivity index (χ0v) is 10.1. The van der Waals surface area contributed by atoms with Crippen molar-refractivity contribution in [2.75, 3.05) is 18.9 Å². The fourth-order valence-corrected chi connectivity index (χ4v) is 1.39. The largest absolute Gasteiger partial charge is 0.326 e. The first-order valence-electron chi connectivity index (χ1n) is 5.35. The van der Waals surface area contributed by atoms with Gasteiger partial charge in [0, 0.05) is 24.2 Å². The second-order valence-corrected chi connectivity index (χ2v) is 3.87. The second kappa shape index (κ2) is 6.06. The average molecular weight is 255 g/mol. The molecule has 0 bridgehead atoms. The summed E-state index contributed by atoms with van der Waals surface area (Å²) in [6.07, 6.45) is 0. The molecule has 7 heteroatoms. The zero-order valence-electron chi connectivity index (χ0n) is 10.1. The number of nitro benzene ring substituents is 1. The number of nitro groups is 1. The molecule has 1 aromatic rings. The highest BCUT2D eigenvalue weighted by Crippen LogP contribution is 2.21. The lowest BCUT2D eigenvalue weighted by atomic mass is 10.1. The summed E-state index contributed by atoms with van der Waals surface area (Å²) in [7, 11) is 1.71. The van der Waals surface area contributed by atoms with E-state index in [0.717, 1.165) is 12.1 Å². The van der Waals surface area contributed by atoms with Crippen molar-refractivity contribution in [1.82, 2.24) is 5.32 Å². The van der Waals surface area contributed by atoms with Crippen molar-refractivity contribution in [3.8, 4) is 0 Å². The Labute approximate surface area is 103 Å². The minimum absolute atomic E-state index is 0.205. The van der Waals surface area contributed by atoms with Gasteiger partial charge in [0.05, 0.1) is 4.92 Å². The van der Waals surface area contributed by atoms with Gasteiger partial charge in [-0.3, -0.25) is 14.9 Å². The van der Waals surface area contributed by atoms with Crippen LogP contribution < -0.4 is 10.6 Å². The van der Waals surface area contributed by atoms with Crippen molar-refractivity contribution in [2.24, 2.45) is 5.92 Å². The highest BCUT2D eigenvalue weighted by molar-refractivity contribution is 5.92. The summed E-state index contributed by atoms with van der Waals surface area (Å²) in [5.41, 5.74) is -0.454. The summed E-state index contributed by atoms with van der Waals surface area (Å²) in [4.78, 5) is 21.4. The number of carbonyl (C=O) groups excluding carboxylic acids is 1. The molecule has 0 saturated heterocycles. The predicted molar refractivity (Wildman–Crippen MR) is 64.8 cm³/mol. The molecule has 1 rings (SSSR count). The van der Waals surface area contributed by atoms with Crippen LogP contribution in [-0.2, 0) is 4.79 Å². The van der Waals surface area contributed by atoms with Gasteiger partial charge in [-0.2, -0.15) is 4.39 Å². The number of halogens is 1. The molecule has 1 aromatic carbocycles. The Balaban J connectivity index is 2.82. The third kappa shape index (κ3) is 3.49. The fraction of sp³-hybridized carbons (Fsp3) is 0.364. The maximum atomic E-state index is 13.1. The predicted octanol–water partition coefficient (Wildman–Crippen LogP) is 1.53. The second-order valence-electron chi connectivity index (χ2n) is 3.87. The monoisotopic (exact) mass is 255 g/mol. The van der Waals surface area contributed by atoms with Crippen LogP contribution in [-0.4, -0.2) is 24.4 Å². The smallest absolute Gasteiger partial charge is 0.306 e. The van der Waals surface area contributed by atoms with Gasteiger partial charge in [0.15, 0.2) is 0 Å². The third-order valence-electron chi connectivity index (χ3n) is 2.37. The molecule has 0 fully saturated rings. The van der Waals surface area contributed by atoms with E-state index >= 15 is 0 Å². The number of nitrogens with zero attached hydrogens (tertiary/aromatic N) is 1. The fourth-order valence-electron chi connectivity index (χ4n) is 1.39. The van der Waals surface area contributed by atoms with Crippen LogP contribution in [0.4, 0.5) is 15.8 Å². The van der Waals surface area contributed by atoms with Crippen LogP contribution in [0.1, 0.15) is 6.92 Å². The van der Waals surface area contributed by atoms with E-state index in [-0.39, 0.29) is 17.5 Å². The lowest BCUT2D eigenvalue weighted by Crippen LogP contribution is -2.28. The van der Waals surface area contributed by atoms with E-state index < -0.39 is 16.4 Å². The molecule has 0 aliphatic heterocycles. The van der Waals surface area contributed by atoms with Gasteiger partial charge in [-0.1, -0.05) is 6.92 Å². The van der Waals surface area contributed by atoms with Crippen LogP contribution in [0.5, 0.6) is 0 Å². The maximum absolute atomic E-state index is 13.1. The topological polar surface area (TPSA) is 84.3 Å². The van der Waals surface area contributed by atoms with Crippen molar-refractivity contribution in [3.05, 3.63) is 34.1 Å². The molecule has 0 radical (unpaired) electrons. The Kier molecular flexibility index (Phi) is 4.73. The van der Waals surface area contributed by atoms with E-state index in [1.165, 1.54) is 6.07 Å². The van der Waals surface area contributed by atoms with E-state index in [0.29, 0.717) is 6.54 Å². The molecule has 0 spiro atoms. The molecule has 98 valence electrons. The normalized spacial score (nSPS) is 11.9. The number of hydrogen-bond donors (Lipinski definition) is 2. The van der Waals surface area contributed by atoms with E-state index in [2.05, 4.69) is 10.6 Å². The number of benzene rings is 1. The molecule has 6 nitrogen and oxygen atoms in total. The molecule has 0 heterocycles. The zero-order chi connectivity index (χ0) is 13.7. The lowest BCUT2D eigenvalue weighted by Gasteiger charge is -2.11. The minimum Gasteiger partial charge on any atom is -0.326 e. The first kappa shape index (κ1) is 14.0. The van der Waals surface area contributed by atoms with Gasteiger partial charge in [-0.05, 0) is 19.2 Å². The van der Waals surface area contributed by atoms with Gasteiger partial charge < -0.3 is 10.6 Å². The molecule has 0 aliphatic carbocycles. The van der Waals surface area contributed by atoms with Crippen LogP contribution >= 0.6 is 0 Å². The molecule has 0 aliphatic rings. The van der Waals surface area contributed by atoms with Crippen LogP contribution in [0.2, 0.25) is 0 Å². The van der Waals surface area contributed by atoms with Crippen molar-refractivity contribution in [3.63, 3.8) is 0 Å². The Morgan fingerprint density at radius 3 is 2.78 bits per heavy atom. The summed E-state index contributed by atoms with van der Waals surface area (Å²) < 4.78 is 13.1. The summed E-state index contributed by atoms with van der Waals surface area (Å²) in [6, 6.07) is 3.24. The van der Waals surface area contributed by atoms with Gasteiger partial charge in [0.25, 0.3) is 0 Å². The van der Waals surface area contributed by atoms with Crippen molar-refractivity contribution in [1.29, 1.82) is 0 Å². The third-order valence-corrected chi connectivity index (χ3v) is 2.37. The minimum atomic E-state index is -0.929. The first-order chi connectivity index (χ1) is 8.45. The number of amides is 1. The molecular formula is C11H14FN3O3. The Bertz CT molecular complexity index is 465. The number of anilines is 1. The van der Waals surface area contributed by atoms with E-state index in [1.807, 2.05) is 0 Å². The van der Waals surface area contributed by atoms with Crippen molar-refractivity contribution in [2.45, 2.75) is 6.92 Å². The Morgan fingerprint density at radius 2 is 2.22 bits per heavy atom. The molecule has 0 saturated carbocycles. The van der Waals surface area contributed by atoms with Gasteiger partial charge in [-0.15, -0.1) is 0 Å². The number of hydrogen-bond acceptors (Lipinski definition) is 4. The number of rotatable bonds is 5. The van der Waals surface area contributed by atoms with E-state index in [4.69, 9.17) is 0 Å². The molecule has 18 heavy (non-hydrogen) atoms. The lowest BCUT2D eigenvalue weighted by molar-refractivity contribution is -0.387. The summed E-state index contributed by atoms with van der Waals surface area (Å²) >= 11 is 0. The molecule has 1 atom stereocenters. The van der Waals surface area contributed by atoms with E-state index in [1.54, 1.807) is 14.0 Å². The summed E-state index contributed by atoms with van der Waals surface area (Å²) in [5, 5.41) is 15.9. The van der Waals surface area contributed by atoms with Gasteiger partial charge in [-0.25, -0.2) is 0 Å². The quantitative estimate of drug-likeness (QED) is 0.617. The number of nitrogens with one attached hydrogen (secondary N) is 2. The van der Waals surface area contributed by atoms with Crippen LogP contribution in [0.25, 0.3) is 0 Å². The molecule has 2 N–H and O–H groups in total. The molecule has 0 aromatic heterocycles. The molecular weight excluding hydrogens is 241 g/mol. The molecule has 1 amide bonds. The van der Waals surface area contributed by atoms with Crippen LogP contribution in [0.3, 0.4) is 0 Å². The van der Waals surface area contributed by atoms with Gasteiger partial charge >= 0.3 is 5.69 Å². The standard InChI is InChI=1S/C11H14FN3O3/c1-7(6-13-2)11(16)14-8-3-4-9(12)10(5-8)15(17)18/h3-5,7,13H,6H2,1-2H3,(H,14,16). The van der Waals surface area contributed by atoms with Gasteiger partial charge in [0.1, 0.15) is 0 Å². The number of carbonyl (C=O) groups is 1. The Hall–Kier alpha value is -2.02. The van der Waals surface area contributed by atoms with Crippen molar-refractivity contribution < 1.29 is 14.1 Å². The highest BCUT2D eigenvalue weighted by Gasteiger charge is 2.17. The maximum Gasteiger partial charge on any atom is 0.306 e. The first-order valence-corrected chi connectivity index (χ1v) is 5.35. The van der Waals surface area contributed by atoms with Crippen LogP contribution in [0, 0.1) is 21.8 Å². The highest BCUT2D eigenvalue weighted by atomic mass is 19.1. The summed E-state index contributed by atoms with van der Waals surface area (Å²) in [5.74, 6) is -1.51. The SMILES string of the molecule is CNCC(C)C(=O)Nc1ccc(F)c([N+](=O)[O-])c1. The van der Waals surface area contributed by atoms with Crippen molar-refractivity contribution >= 4 is 17.3 Å². The average Bonchev–Trinajstić information content (AvgIpc) is 2.31. The molecule has 1 unspecified atom stereocenters. The summed E-state index contributed by atoms with van der Waals surface area (Å²) in [6.45, 7) is 2.19. The Morgan fingerprint density at radius 1 is 1.56 bits per heavy atom. The van der Waals surface area contributed by atoms with E-state index in [9.17, 15) is 19.3 Å².